The molecule has 0 atom stereocenters. The number of nitrogens with one attached hydrogen (secondary N) is 1. The largest absolute Gasteiger partial charge is 0.486 e. The summed E-state index contributed by atoms with van der Waals surface area (Å²) in [6.07, 6.45) is 3.34. The van der Waals surface area contributed by atoms with Gasteiger partial charge in [0.15, 0.2) is 5.82 Å². The lowest BCUT2D eigenvalue weighted by atomic mass is 10.1. The fraction of sp³-hybridized carbons (Fsp3) is 0.143. The van der Waals surface area contributed by atoms with Crippen molar-refractivity contribution in [1.29, 1.82) is 0 Å². The maximum Gasteiger partial charge on any atom is 0.310 e. The first kappa shape index (κ1) is 20.5. The Morgan fingerprint density at radius 2 is 1.83 bits per heavy atom. The monoisotopic (exact) mass is 455 g/mol. The first-order valence-corrected chi connectivity index (χ1v) is 9.50. The molecule has 8 heteroatoms. The smallest absolute Gasteiger partial charge is 0.310 e. The summed E-state index contributed by atoms with van der Waals surface area (Å²) in [5.74, 6) is 0.326. The van der Waals surface area contributed by atoms with Crippen LogP contribution in [0.2, 0.25) is 0 Å². The van der Waals surface area contributed by atoms with Crippen LogP contribution in [0.5, 0.6) is 5.75 Å². The Kier molecular flexibility index (Phi) is 6.91. The van der Waals surface area contributed by atoms with E-state index >= 15 is 0 Å². The van der Waals surface area contributed by atoms with Gasteiger partial charge in [-0.15, -0.1) is 0 Å². The molecule has 148 valence electrons. The Bertz CT molecular complexity index is 1010. The molecule has 0 unspecified atom stereocenters. The Labute approximate surface area is 176 Å². The minimum Gasteiger partial charge on any atom is -0.486 e. The van der Waals surface area contributed by atoms with Gasteiger partial charge in [-0.1, -0.05) is 34.1 Å². The molecule has 0 fully saturated rings. The number of hydrogen-bond acceptors (Lipinski definition) is 6. The average molecular weight is 456 g/mol. The molecular formula is C21H18BrN3O4. The predicted molar refractivity (Wildman–Crippen MR) is 111 cm³/mol. The van der Waals surface area contributed by atoms with Gasteiger partial charge in [-0.2, -0.15) is 0 Å². The van der Waals surface area contributed by atoms with E-state index in [0.717, 1.165) is 0 Å². The van der Waals surface area contributed by atoms with Crippen molar-refractivity contribution in [2.75, 3.05) is 12.4 Å². The minimum atomic E-state index is -0.382. The zero-order chi connectivity index (χ0) is 20.6. The number of nitrogens with zero attached hydrogens (tertiary/aromatic N) is 2. The van der Waals surface area contributed by atoms with Crippen LogP contribution in [-0.4, -0.2) is 29.0 Å². The summed E-state index contributed by atoms with van der Waals surface area (Å²) in [7, 11) is 1.33. The van der Waals surface area contributed by atoms with E-state index in [0.29, 0.717) is 32.9 Å². The number of hydrogen-bond donors (Lipinski definition) is 1. The molecule has 0 saturated carbocycles. The number of carbonyl (C=O) groups excluding carboxylic acids is 2. The summed E-state index contributed by atoms with van der Waals surface area (Å²) in [6, 6.07) is 13.9. The normalized spacial score (nSPS) is 10.3. The minimum absolute atomic E-state index is 0.0663. The van der Waals surface area contributed by atoms with E-state index in [9.17, 15) is 9.59 Å². The van der Waals surface area contributed by atoms with Gasteiger partial charge in [-0.3, -0.25) is 9.59 Å². The van der Waals surface area contributed by atoms with Gasteiger partial charge >= 0.3 is 5.97 Å². The summed E-state index contributed by atoms with van der Waals surface area (Å²) in [5.41, 5.74) is 1.61. The number of benzene rings is 2. The van der Waals surface area contributed by atoms with Crippen molar-refractivity contribution in [1.82, 2.24) is 9.97 Å². The summed E-state index contributed by atoms with van der Waals surface area (Å²) in [6.45, 7) is 0.181. The summed E-state index contributed by atoms with van der Waals surface area (Å²) in [5, 5.41) is 2.84. The number of aromatic nitrogens is 2. The molecule has 1 amide bonds. The highest BCUT2D eigenvalue weighted by molar-refractivity contribution is 9.10. The fourth-order valence-electron chi connectivity index (χ4n) is 2.55. The molecular weight excluding hydrogens is 438 g/mol. The lowest BCUT2D eigenvalue weighted by Crippen LogP contribution is -2.15. The van der Waals surface area contributed by atoms with Gasteiger partial charge in [0.2, 0.25) is 0 Å². The molecule has 0 aliphatic rings. The first-order valence-electron chi connectivity index (χ1n) is 8.70. The second-order valence-electron chi connectivity index (χ2n) is 5.99. The number of ether oxygens (including phenoxy) is 2. The average Bonchev–Trinajstić information content (AvgIpc) is 2.74. The van der Waals surface area contributed by atoms with Crippen molar-refractivity contribution in [3.05, 3.63) is 82.3 Å². The zero-order valence-electron chi connectivity index (χ0n) is 15.6. The molecule has 29 heavy (non-hydrogen) atoms. The number of amides is 1. The van der Waals surface area contributed by atoms with Crippen LogP contribution in [0.4, 0.5) is 5.69 Å². The van der Waals surface area contributed by atoms with Crippen LogP contribution in [-0.2, 0) is 22.6 Å². The van der Waals surface area contributed by atoms with Crippen molar-refractivity contribution in [2.45, 2.75) is 13.0 Å². The summed E-state index contributed by atoms with van der Waals surface area (Å²) in [4.78, 5) is 32.6. The number of anilines is 1. The maximum atomic E-state index is 12.8. The Balaban J connectivity index is 1.74. The Morgan fingerprint density at radius 1 is 1.07 bits per heavy atom. The summed E-state index contributed by atoms with van der Waals surface area (Å²) < 4.78 is 11.1. The van der Waals surface area contributed by atoms with Crippen LogP contribution >= 0.6 is 15.9 Å². The highest BCUT2D eigenvalue weighted by atomic mass is 79.9. The van der Waals surface area contributed by atoms with E-state index < -0.39 is 0 Å². The molecule has 0 saturated heterocycles. The van der Waals surface area contributed by atoms with Gasteiger partial charge in [-0.25, -0.2) is 9.97 Å². The molecule has 1 N–H and O–H groups in total. The fourth-order valence-corrected chi connectivity index (χ4v) is 3.02. The molecule has 0 aliphatic carbocycles. The lowest BCUT2D eigenvalue weighted by Gasteiger charge is -2.12. The van der Waals surface area contributed by atoms with Crippen LogP contribution in [0.25, 0.3) is 0 Å². The maximum absolute atomic E-state index is 12.8. The zero-order valence-corrected chi connectivity index (χ0v) is 17.2. The molecule has 1 heterocycles. The molecule has 3 aromatic rings. The molecule has 2 aromatic carbocycles. The molecule has 0 radical (unpaired) electrons. The highest BCUT2D eigenvalue weighted by Crippen LogP contribution is 2.24. The molecule has 0 aliphatic heterocycles. The number of carbonyl (C=O) groups is 2. The number of esters is 1. The number of para-hydroxylation sites is 1. The van der Waals surface area contributed by atoms with Crippen LogP contribution in [0, 0.1) is 0 Å². The van der Waals surface area contributed by atoms with Crippen molar-refractivity contribution in [3.63, 3.8) is 0 Å². The standard InChI is InChI=1S/C21H18BrN3O4/c1-28-20(26)11-14-5-2-3-6-18(14)25-21(27)15-9-16(22)12-17(10-15)29-13-19-23-7-4-8-24-19/h2-10,12H,11,13H2,1H3,(H,25,27). The van der Waals surface area contributed by atoms with Crippen molar-refractivity contribution in [2.24, 2.45) is 0 Å². The third kappa shape index (κ3) is 5.86. The van der Waals surface area contributed by atoms with E-state index in [-0.39, 0.29) is 24.9 Å². The predicted octanol–water partition coefficient (Wildman–Crippen LogP) is 3.79. The van der Waals surface area contributed by atoms with Crippen molar-refractivity contribution >= 4 is 33.5 Å². The SMILES string of the molecule is COC(=O)Cc1ccccc1NC(=O)c1cc(Br)cc(OCc2ncccn2)c1. The van der Waals surface area contributed by atoms with E-state index in [1.165, 1.54) is 7.11 Å². The number of methoxy groups -OCH3 is 1. The molecule has 0 spiro atoms. The first-order chi connectivity index (χ1) is 14.0. The van der Waals surface area contributed by atoms with Gasteiger partial charge < -0.3 is 14.8 Å². The van der Waals surface area contributed by atoms with Crippen LogP contribution < -0.4 is 10.1 Å². The molecule has 0 bridgehead atoms. The number of rotatable bonds is 7. The van der Waals surface area contributed by atoms with Gasteiger partial charge in [0, 0.05) is 28.1 Å². The van der Waals surface area contributed by atoms with E-state index in [1.807, 2.05) is 0 Å². The molecule has 1 aromatic heterocycles. The second kappa shape index (κ2) is 9.79. The number of halogens is 1. The van der Waals surface area contributed by atoms with Crippen molar-refractivity contribution < 1.29 is 19.1 Å². The summed E-state index contributed by atoms with van der Waals surface area (Å²) >= 11 is 3.40. The van der Waals surface area contributed by atoms with Gasteiger partial charge in [0.05, 0.1) is 13.5 Å². The van der Waals surface area contributed by atoms with E-state index in [1.54, 1.807) is 60.9 Å². The Morgan fingerprint density at radius 3 is 2.59 bits per heavy atom. The van der Waals surface area contributed by atoms with E-state index in [4.69, 9.17) is 9.47 Å². The highest BCUT2D eigenvalue weighted by Gasteiger charge is 2.13. The quantitative estimate of drug-likeness (QED) is 0.545. The van der Waals surface area contributed by atoms with E-state index in [2.05, 4.69) is 31.2 Å². The van der Waals surface area contributed by atoms with Gasteiger partial charge in [0.1, 0.15) is 12.4 Å². The lowest BCUT2D eigenvalue weighted by molar-refractivity contribution is -0.139. The van der Waals surface area contributed by atoms with Crippen LogP contribution in [0.15, 0.2) is 65.4 Å². The second-order valence-corrected chi connectivity index (χ2v) is 6.91. The third-order valence-electron chi connectivity index (χ3n) is 3.95. The Hall–Kier alpha value is -3.26. The van der Waals surface area contributed by atoms with Gasteiger partial charge in [0.25, 0.3) is 5.91 Å². The molecule has 3 rings (SSSR count). The topological polar surface area (TPSA) is 90.4 Å². The van der Waals surface area contributed by atoms with Crippen molar-refractivity contribution in [3.8, 4) is 5.75 Å². The molecule has 7 nitrogen and oxygen atoms in total. The van der Waals surface area contributed by atoms with Crippen LogP contribution in [0.1, 0.15) is 21.7 Å². The third-order valence-corrected chi connectivity index (χ3v) is 4.41. The van der Waals surface area contributed by atoms with Crippen LogP contribution in [0.3, 0.4) is 0 Å². The van der Waals surface area contributed by atoms with Gasteiger partial charge in [-0.05, 0) is 35.9 Å².